The van der Waals surface area contributed by atoms with Crippen LogP contribution >= 0.6 is 0 Å². The molecule has 2 N–H and O–H groups in total. The average molecular weight is 865 g/mol. The molecule has 0 unspecified atom stereocenters. The summed E-state index contributed by atoms with van der Waals surface area (Å²) in [4.78, 5) is 12.2. The Kier molecular flexibility index (Phi) is 14.6. The number of hydrogen-bond donors (Lipinski definition) is 2. The van der Waals surface area contributed by atoms with Gasteiger partial charge in [0, 0.05) is 25.7 Å². The summed E-state index contributed by atoms with van der Waals surface area (Å²) in [5.41, 5.74) is 10.7. The maximum absolute atomic E-state index is 12.5. The Morgan fingerprint density at radius 3 is 1.06 bits per heavy atom. The molecule has 1 aliphatic heterocycles. The van der Waals surface area contributed by atoms with Gasteiger partial charge in [-0.15, -0.1) is 0 Å². The topological polar surface area (TPSA) is 113 Å². The number of carboxylic acid groups (broad SMARTS) is 1. The van der Waals surface area contributed by atoms with Gasteiger partial charge in [0.2, 0.25) is 0 Å². The van der Waals surface area contributed by atoms with E-state index in [4.69, 9.17) is 28.4 Å². The van der Waals surface area contributed by atoms with Crippen molar-refractivity contribution in [2.45, 2.75) is 130 Å². The molecule has 0 atom stereocenters. The van der Waals surface area contributed by atoms with E-state index in [1.54, 1.807) is 0 Å². The van der Waals surface area contributed by atoms with Gasteiger partial charge in [-0.2, -0.15) is 0 Å². The van der Waals surface area contributed by atoms with Crippen LogP contribution in [0.15, 0.2) is 48.5 Å². The summed E-state index contributed by atoms with van der Waals surface area (Å²) in [6, 6.07) is 17.6. The van der Waals surface area contributed by atoms with Crippen LogP contribution < -0.4 is 14.2 Å². The maximum Gasteiger partial charge on any atom is 0.341 e. The van der Waals surface area contributed by atoms with E-state index in [1.807, 2.05) is 0 Å². The second-order valence-electron chi connectivity index (χ2n) is 21.4. The van der Waals surface area contributed by atoms with E-state index in [0.29, 0.717) is 84.3 Å². The highest BCUT2D eigenvalue weighted by Gasteiger charge is 2.29. The molecule has 1 aliphatic carbocycles. The van der Waals surface area contributed by atoms with Crippen molar-refractivity contribution in [2.75, 3.05) is 59.5 Å². The van der Waals surface area contributed by atoms with Crippen LogP contribution in [0.1, 0.15) is 150 Å². The van der Waals surface area contributed by atoms with E-state index in [1.165, 1.54) is 0 Å². The molecule has 6 rings (SSSR count). The first-order chi connectivity index (χ1) is 29.5. The quantitative estimate of drug-likeness (QED) is 0.183. The minimum Gasteiger partial charge on any atom is -0.507 e. The average Bonchev–Trinajstić information content (AvgIpc) is 3.16. The zero-order valence-corrected chi connectivity index (χ0v) is 40.1. The Balaban J connectivity index is 1.74. The fourth-order valence-electron chi connectivity index (χ4n) is 8.27. The summed E-state index contributed by atoms with van der Waals surface area (Å²) in [7, 11) is 0. The first-order valence-electron chi connectivity index (χ1n) is 22.7. The van der Waals surface area contributed by atoms with Crippen LogP contribution in [0.3, 0.4) is 0 Å². The van der Waals surface area contributed by atoms with Gasteiger partial charge in [0.25, 0.3) is 0 Å². The van der Waals surface area contributed by atoms with Crippen molar-refractivity contribution in [3.8, 4) is 23.0 Å². The second kappa shape index (κ2) is 19.3. The van der Waals surface area contributed by atoms with Crippen LogP contribution in [0, 0.1) is 0 Å². The van der Waals surface area contributed by atoms with Crippen molar-refractivity contribution in [3.63, 3.8) is 0 Å². The van der Waals surface area contributed by atoms with Crippen LogP contribution in [0.2, 0.25) is 0 Å². The summed E-state index contributed by atoms with van der Waals surface area (Å²) >= 11 is 0. The molecule has 9 heteroatoms. The molecule has 0 saturated heterocycles. The van der Waals surface area contributed by atoms with E-state index in [0.717, 1.165) is 78.3 Å². The number of aromatic hydroxyl groups is 1. The number of phenolic OH excluding ortho intramolecular Hbond substituents is 1. The van der Waals surface area contributed by atoms with Gasteiger partial charge in [-0.1, -0.05) is 132 Å². The fourth-order valence-corrected chi connectivity index (χ4v) is 8.27. The largest absolute Gasteiger partial charge is 0.507 e. The van der Waals surface area contributed by atoms with Crippen molar-refractivity contribution in [1.29, 1.82) is 0 Å². The molecule has 9 nitrogen and oxygen atoms in total. The molecular weight excluding hydrogens is 793 g/mol. The first-order valence-corrected chi connectivity index (χ1v) is 22.7. The Bertz CT molecular complexity index is 2260. The second-order valence-corrected chi connectivity index (χ2v) is 21.4. The Hall–Kier alpha value is -4.57. The molecule has 0 aromatic heterocycles. The van der Waals surface area contributed by atoms with Gasteiger partial charge in [-0.3, -0.25) is 0 Å². The third-order valence-corrected chi connectivity index (χ3v) is 12.0. The fraction of sp³-hybridized carbons (Fsp3) is 0.537. The number of fused-ring (bicyclic) bond motifs is 4. The molecule has 0 radical (unpaired) electrons. The summed E-state index contributed by atoms with van der Waals surface area (Å²) in [5.74, 6) is 1.19. The highest BCUT2D eigenvalue weighted by molar-refractivity contribution is 5.69. The van der Waals surface area contributed by atoms with Crippen molar-refractivity contribution in [1.82, 2.24) is 0 Å². The standard InChI is InChI=1S/C54H72O9/c1-51(2,3)42-25-34-21-36-27-43(52(4,5)6)29-38-23-39-30-45(54(10,11)12)31-40(49(39)62-20-18-60-16-14-58-13-15-59-17-19-61-48(36)38)24-41-32-44(53(7,8)9)28-37(22-35(26-42)47(34)57)50(41)63-33-46(55)56/h25-32,57H,13-24,33H2,1-12H3,(H,55,56). The molecule has 4 aromatic carbocycles. The van der Waals surface area contributed by atoms with Gasteiger partial charge in [0.1, 0.15) is 36.2 Å². The minimum absolute atomic E-state index is 0.199. The Morgan fingerprint density at radius 2 is 0.730 bits per heavy atom. The number of aliphatic carboxylic acids is 1. The lowest BCUT2D eigenvalue weighted by Crippen LogP contribution is -2.19. The molecule has 2 aliphatic rings. The number of carbonyl (C=O) groups is 1. The van der Waals surface area contributed by atoms with Gasteiger partial charge in [0.15, 0.2) is 6.61 Å². The number of benzene rings is 4. The van der Waals surface area contributed by atoms with E-state index in [-0.39, 0.29) is 27.4 Å². The number of carboxylic acids is 1. The van der Waals surface area contributed by atoms with Crippen LogP contribution in [-0.4, -0.2) is 75.6 Å². The SMILES string of the molecule is CC(C)(C)c1cc2c(O)c(c1)Cc1cc(C(C)(C)C)cc(c1OCC(=O)O)Cc1cc(C(C)(C)C)cc3c1OCCOCCOCCOCCOc1c(cc(C(C)(C)C)cc1C3)C2. The minimum atomic E-state index is -1.06. The molecular formula is C54H72O9. The van der Waals surface area contributed by atoms with Gasteiger partial charge >= 0.3 is 5.97 Å². The van der Waals surface area contributed by atoms with Crippen molar-refractivity contribution in [2.24, 2.45) is 0 Å². The zero-order chi connectivity index (χ0) is 45.9. The molecule has 0 amide bonds. The van der Waals surface area contributed by atoms with Gasteiger partial charge < -0.3 is 38.6 Å². The first kappa shape index (κ1) is 47.9. The van der Waals surface area contributed by atoms with Crippen LogP contribution in [-0.2, 0) is 66.3 Å². The normalized spacial score (nSPS) is 16.1. The molecule has 63 heavy (non-hydrogen) atoms. The molecule has 1 heterocycles. The van der Waals surface area contributed by atoms with E-state index in [2.05, 4.69) is 132 Å². The summed E-state index contributed by atoms with van der Waals surface area (Å²) < 4.78 is 37.9. The van der Waals surface area contributed by atoms with Crippen LogP contribution in [0.5, 0.6) is 23.0 Å². The Morgan fingerprint density at radius 1 is 0.460 bits per heavy atom. The van der Waals surface area contributed by atoms with E-state index < -0.39 is 12.6 Å². The molecule has 0 fully saturated rings. The lowest BCUT2D eigenvalue weighted by molar-refractivity contribution is -0.139. The number of hydrogen-bond acceptors (Lipinski definition) is 8. The predicted octanol–water partition coefficient (Wildman–Crippen LogP) is 10.5. The van der Waals surface area contributed by atoms with Crippen LogP contribution in [0.25, 0.3) is 0 Å². The van der Waals surface area contributed by atoms with Crippen molar-refractivity contribution >= 4 is 5.97 Å². The monoisotopic (exact) mass is 865 g/mol. The summed E-state index contributed by atoms with van der Waals surface area (Å²) in [5, 5.41) is 22.5. The van der Waals surface area contributed by atoms with Crippen LogP contribution in [0.4, 0.5) is 0 Å². The lowest BCUT2D eigenvalue weighted by atomic mass is 9.79. The smallest absolute Gasteiger partial charge is 0.341 e. The molecule has 10 bridgehead atoms. The number of rotatable bonds is 3. The maximum atomic E-state index is 12.5. The third-order valence-electron chi connectivity index (χ3n) is 12.0. The highest BCUT2D eigenvalue weighted by Crippen LogP contribution is 2.44. The van der Waals surface area contributed by atoms with Gasteiger partial charge in [0.05, 0.1) is 39.6 Å². The zero-order valence-electron chi connectivity index (χ0n) is 40.1. The molecule has 0 spiro atoms. The number of phenols is 1. The van der Waals surface area contributed by atoms with E-state index >= 15 is 0 Å². The van der Waals surface area contributed by atoms with Crippen molar-refractivity contribution < 1.29 is 43.4 Å². The van der Waals surface area contributed by atoms with Gasteiger partial charge in [-0.05, 0) is 88.4 Å². The van der Waals surface area contributed by atoms with E-state index in [9.17, 15) is 15.0 Å². The van der Waals surface area contributed by atoms with Crippen molar-refractivity contribution in [3.05, 3.63) is 115 Å². The lowest BCUT2D eigenvalue weighted by Gasteiger charge is -2.29. The Labute approximate surface area is 376 Å². The third kappa shape index (κ3) is 12.2. The van der Waals surface area contributed by atoms with Gasteiger partial charge in [-0.25, -0.2) is 4.79 Å². The summed E-state index contributed by atoms with van der Waals surface area (Å²) in [6.45, 7) is 29.1. The molecule has 342 valence electrons. The molecule has 0 saturated carbocycles. The predicted molar refractivity (Wildman–Crippen MR) is 250 cm³/mol. The highest BCUT2D eigenvalue weighted by atomic mass is 16.6. The molecule has 4 aromatic rings. The number of ether oxygens (including phenoxy) is 6. The summed E-state index contributed by atoms with van der Waals surface area (Å²) in [6.07, 6.45) is 1.64.